The van der Waals surface area contributed by atoms with E-state index in [-0.39, 0.29) is 5.60 Å². The second kappa shape index (κ2) is 7.46. The largest absolute Gasteiger partial charge is 0.373 e. The average molecular weight is 257 g/mol. The molecule has 3 heteroatoms. The van der Waals surface area contributed by atoms with E-state index in [9.17, 15) is 0 Å². The molecule has 0 aliphatic carbocycles. The van der Waals surface area contributed by atoms with E-state index in [0.29, 0.717) is 18.1 Å². The smallest absolute Gasteiger partial charge is 0.0814 e. The van der Waals surface area contributed by atoms with E-state index >= 15 is 0 Å². The van der Waals surface area contributed by atoms with Crippen molar-refractivity contribution in [1.29, 1.82) is 0 Å². The van der Waals surface area contributed by atoms with E-state index in [4.69, 9.17) is 9.47 Å². The van der Waals surface area contributed by atoms with Gasteiger partial charge in [-0.1, -0.05) is 20.8 Å². The maximum absolute atomic E-state index is 6.00. The van der Waals surface area contributed by atoms with Gasteiger partial charge in [-0.25, -0.2) is 0 Å². The Hall–Kier alpha value is -0.120. The second-order valence-corrected chi connectivity index (χ2v) is 6.43. The van der Waals surface area contributed by atoms with E-state index in [1.807, 2.05) is 0 Å². The van der Waals surface area contributed by atoms with Crippen LogP contribution >= 0.6 is 0 Å². The fourth-order valence-electron chi connectivity index (χ4n) is 2.01. The third kappa shape index (κ3) is 6.17. The van der Waals surface area contributed by atoms with E-state index in [1.54, 1.807) is 0 Å². The normalized spacial score (nSPS) is 25.0. The molecule has 0 aromatic heterocycles. The lowest BCUT2D eigenvalue weighted by Crippen LogP contribution is -2.32. The van der Waals surface area contributed by atoms with Crippen LogP contribution in [-0.4, -0.2) is 37.5 Å². The van der Waals surface area contributed by atoms with Crippen LogP contribution in [0.1, 0.15) is 53.9 Å². The van der Waals surface area contributed by atoms with Gasteiger partial charge >= 0.3 is 0 Å². The molecule has 1 heterocycles. The van der Waals surface area contributed by atoms with Crippen LogP contribution in [0.4, 0.5) is 0 Å². The fraction of sp³-hybridized carbons (Fsp3) is 1.00. The van der Waals surface area contributed by atoms with Gasteiger partial charge in [0.15, 0.2) is 0 Å². The van der Waals surface area contributed by atoms with Gasteiger partial charge in [0.2, 0.25) is 0 Å². The zero-order chi connectivity index (χ0) is 13.6. The van der Waals surface area contributed by atoms with Gasteiger partial charge in [-0.3, -0.25) is 0 Å². The third-order valence-corrected chi connectivity index (χ3v) is 3.63. The molecule has 0 radical (unpaired) electrons. The zero-order valence-electron chi connectivity index (χ0n) is 12.8. The molecular formula is C15H31NO2. The Morgan fingerprint density at radius 1 is 1.28 bits per heavy atom. The molecule has 18 heavy (non-hydrogen) atoms. The summed E-state index contributed by atoms with van der Waals surface area (Å²) in [5.74, 6) is 0.705. The van der Waals surface area contributed by atoms with Gasteiger partial charge in [0.05, 0.1) is 24.4 Å². The molecule has 1 N–H and O–H groups in total. The molecule has 1 aliphatic heterocycles. The van der Waals surface area contributed by atoms with Crippen molar-refractivity contribution < 1.29 is 9.47 Å². The minimum atomic E-state index is -0.0165. The Bertz CT molecular complexity index is 229. The van der Waals surface area contributed by atoms with Crippen molar-refractivity contribution in [2.45, 2.75) is 71.7 Å². The summed E-state index contributed by atoms with van der Waals surface area (Å²) in [6, 6.07) is 0. The summed E-state index contributed by atoms with van der Waals surface area (Å²) in [6.07, 6.45) is 4.00. The first-order valence-corrected chi connectivity index (χ1v) is 7.43. The zero-order valence-corrected chi connectivity index (χ0v) is 12.8. The molecule has 0 bridgehead atoms. The minimum absolute atomic E-state index is 0.0165. The minimum Gasteiger partial charge on any atom is -0.373 e. The molecule has 1 rings (SSSR count). The first kappa shape index (κ1) is 15.9. The van der Waals surface area contributed by atoms with Gasteiger partial charge in [-0.15, -0.1) is 0 Å². The number of hydrogen-bond acceptors (Lipinski definition) is 3. The number of hydrogen-bond donors (Lipinski definition) is 1. The van der Waals surface area contributed by atoms with E-state index in [0.717, 1.165) is 39.0 Å². The first-order valence-electron chi connectivity index (χ1n) is 7.43. The van der Waals surface area contributed by atoms with E-state index in [1.165, 1.54) is 0 Å². The molecule has 108 valence electrons. The van der Waals surface area contributed by atoms with Gasteiger partial charge in [0.25, 0.3) is 0 Å². The topological polar surface area (TPSA) is 30.5 Å². The second-order valence-electron chi connectivity index (χ2n) is 6.43. The molecule has 1 aliphatic rings. The molecular weight excluding hydrogens is 226 g/mol. The van der Waals surface area contributed by atoms with Crippen LogP contribution in [0.2, 0.25) is 0 Å². The summed E-state index contributed by atoms with van der Waals surface area (Å²) >= 11 is 0. The Balaban J connectivity index is 2.13. The summed E-state index contributed by atoms with van der Waals surface area (Å²) in [6.45, 7) is 13.7. The summed E-state index contributed by atoms with van der Waals surface area (Å²) < 4.78 is 11.9. The monoisotopic (exact) mass is 257 g/mol. The lowest BCUT2D eigenvalue weighted by atomic mass is 10.1. The van der Waals surface area contributed by atoms with Gasteiger partial charge in [0.1, 0.15) is 0 Å². The molecule has 0 spiro atoms. The van der Waals surface area contributed by atoms with Gasteiger partial charge < -0.3 is 14.8 Å². The van der Waals surface area contributed by atoms with Crippen molar-refractivity contribution in [2.75, 3.05) is 19.7 Å². The van der Waals surface area contributed by atoms with Crippen LogP contribution in [0.25, 0.3) is 0 Å². The van der Waals surface area contributed by atoms with Gasteiger partial charge in [-0.2, -0.15) is 0 Å². The average Bonchev–Trinajstić information content (AvgIpc) is 2.74. The molecule has 2 atom stereocenters. The van der Waals surface area contributed by atoms with Crippen LogP contribution in [0.3, 0.4) is 0 Å². The summed E-state index contributed by atoms with van der Waals surface area (Å²) in [4.78, 5) is 0. The highest BCUT2D eigenvalue weighted by Gasteiger charge is 2.27. The predicted molar refractivity (Wildman–Crippen MR) is 75.9 cm³/mol. The predicted octanol–water partition coefficient (Wildman–Crippen LogP) is 2.98. The van der Waals surface area contributed by atoms with E-state index < -0.39 is 0 Å². The number of nitrogens with one attached hydrogen (secondary N) is 1. The third-order valence-electron chi connectivity index (χ3n) is 3.63. The molecule has 0 amide bonds. The van der Waals surface area contributed by atoms with Crippen LogP contribution in [0, 0.1) is 5.92 Å². The molecule has 3 nitrogen and oxygen atoms in total. The highest BCUT2D eigenvalue weighted by Crippen LogP contribution is 2.22. The number of rotatable bonds is 8. The Morgan fingerprint density at radius 3 is 2.56 bits per heavy atom. The maximum atomic E-state index is 6.00. The standard InChI is InChI=1S/C15H31NO2/c1-6-15(4,5)17-11-14-8-7-13(18-14)10-16-9-12(2)3/h12-14,16H,6-11H2,1-5H3. The quantitative estimate of drug-likeness (QED) is 0.725. The van der Waals surface area contributed by atoms with Crippen molar-refractivity contribution in [3.63, 3.8) is 0 Å². The maximum Gasteiger partial charge on any atom is 0.0814 e. The van der Waals surface area contributed by atoms with Crippen LogP contribution < -0.4 is 5.32 Å². The van der Waals surface area contributed by atoms with E-state index in [2.05, 4.69) is 39.9 Å². The van der Waals surface area contributed by atoms with Crippen LogP contribution in [0.15, 0.2) is 0 Å². The summed E-state index contributed by atoms with van der Waals surface area (Å²) in [5, 5.41) is 3.47. The molecule has 0 aromatic rings. The Morgan fingerprint density at radius 2 is 1.94 bits per heavy atom. The van der Waals surface area contributed by atoms with Crippen LogP contribution in [0.5, 0.6) is 0 Å². The van der Waals surface area contributed by atoms with Crippen molar-refractivity contribution in [1.82, 2.24) is 5.32 Å². The molecule has 0 aromatic carbocycles. The summed E-state index contributed by atoms with van der Waals surface area (Å²) in [5.41, 5.74) is -0.0165. The van der Waals surface area contributed by atoms with Gasteiger partial charge in [-0.05, 0) is 45.6 Å². The first-order chi connectivity index (χ1) is 8.43. The molecule has 1 saturated heterocycles. The molecule has 2 unspecified atom stereocenters. The highest BCUT2D eigenvalue weighted by molar-refractivity contribution is 4.76. The lowest BCUT2D eigenvalue weighted by molar-refractivity contribution is -0.0780. The van der Waals surface area contributed by atoms with Crippen LogP contribution in [-0.2, 0) is 9.47 Å². The van der Waals surface area contributed by atoms with Gasteiger partial charge in [0, 0.05) is 6.54 Å². The fourth-order valence-corrected chi connectivity index (χ4v) is 2.01. The number of ether oxygens (including phenoxy) is 2. The van der Waals surface area contributed by atoms with Crippen molar-refractivity contribution in [3.8, 4) is 0 Å². The van der Waals surface area contributed by atoms with Crippen molar-refractivity contribution >= 4 is 0 Å². The Labute approximate surface area is 113 Å². The van der Waals surface area contributed by atoms with Crippen molar-refractivity contribution in [3.05, 3.63) is 0 Å². The Kier molecular flexibility index (Phi) is 6.61. The van der Waals surface area contributed by atoms with Crippen molar-refractivity contribution in [2.24, 2.45) is 5.92 Å². The highest BCUT2D eigenvalue weighted by atomic mass is 16.6. The summed E-state index contributed by atoms with van der Waals surface area (Å²) in [7, 11) is 0. The SMILES string of the molecule is CCC(C)(C)OCC1CCC(CNCC(C)C)O1. The molecule has 1 fully saturated rings. The lowest BCUT2D eigenvalue weighted by Gasteiger charge is -2.25. The molecule has 0 saturated carbocycles.